The molecule has 1 aliphatic heterocycles. The Kier molecular flexibility index (Phi) is 4.73. The first-order chi connectivity index (χ1) is 15.2. The van der Waals surface area contributed by atoms with Crippen LogP contribution in [0.25, 0.3) is 5.65 Å². The van der Waals surface area contributed by atoms with Gasteiger partial charge in [0.15, 0.2) is 11.5 Å². The molecule has 4 heterocycles. The van der Waals surface area contributed by atoms with E-state index in [4.69, 9.17) is 9.47 Å². The summed E-state index contributed by atoms with van der Waals surface area (Å²) in [7, 11) is 0. The van der Waals surface area contributed by atoms with Crippen molar-refractivity contribution >= 4 is 23.5 Å². The van der Waals surface area contributed by atoms with Gasteiger partial charge in [0, 0.05) is 30.4 Å². The molecule has 0 radical (unpaired) electrons. The molecule has 2 aliphatic rings. The first kappa shape index (κ1) is 20.5. The highest BCUT2D eigenvalue weighted by molar-refractivity contribution is 5.69. The third-order valence-corrected chi connectivity index (χ3v) is 5.49. The Hall–Kier alpha value is -3.35. The van der Waals surface area contributed by atoms with Crippen LogP contribution in [0, 0.1) is 0 Å². The van der Waals surface area contributed by atoms with Crippen LogP contribution in [0.3, 0.4) is 0 Å². The number of carbonyl (C=O) groups excluding carboxylic acids is 1. The molecule has 170 valence electrons. The van der Waals surface area contributed by atoms with Gasteiger partial charge in [-0.05, 0) is 25.8 Å². The predicted molar refractivity (Wildman–Crippen MR) is 104 cm³/mol. The third-order valence-electron chi connectivity index (χ3n) is 5.49. The minimum absolute atomic E-state index is 0.100. The molecule has 13 heteroatoms. The summed E-state index contributed by atoms with van der Waals surface area (Å²) in [6.45, 7) is 2.22. The fraction of sp³-hybridized carbons (Fsp3) is 0.474. The maximum absolute atomic E-state index is 13.0. The van der Waals surface area contributed by atoms with Crippen molar-refractivity contribution in [3.63, 3.8) is 0 Å². The summed E-state index contributed by atoms with van der Waals surface area (Å²) in [5.41, 5.74) is -0.432. The Bertz CT molecular complexity index is 1150. The van der Waals surface area contributed by atoms with Crippen molar-refractivity contribution in [2.75, 3.05) is 11.9 Å². The molecule has 0 spiro atoms. The molecule has 3 N–H and O–H groups in total. The number of nitrogens with one attached hydrogen (secondary N) is 3. The van der Waals surface area contributed by atoms with E-state index in [1.807, 2.05) is 6.92 Å². The fourth-order valence-electron chi connectivity index (χ4n) is 3.46. The Morgan fingerprint density at radius 2 is 2.22 bits per heavy atom. The largest absolute Gasteiger partial charge is 0.444 e. The van der Waals surface area contributed by atoms with E-state index in [9.17, 15) is 18.0 Å². The molecule has 5 rings (SSSR count). The van der Waals surface area contributed by atoms with Gasteiger partial charge in [0.25, 0.3) is 0 Å². The van der Waals surface area contributed by atoms with E-state index in [-0.39, 0.29) is 35.9 Å². The van der Waals surface area contributed by atoms with Crippen LogP contribution >= 0.6 is 0 Å². The molecule has 2 fully saturated rings. The third kappa shape index (κ3) is 4.20. The number of ether oxygens (including phenoxy) is 2. The lowest BCUT2D eigenvalue weighted by molar-refractivity contribution is -0.140. The van der Waals surface area contributed by atoms with Gasteiger partial charge >= 0.3 is 12.3 Å². The van der Waals surface area contributed by atoms with Crippen LogP contribution in [0.15, 0.2) is 24.5 Å². The maximum atomic E-state index is 13.0. The number of rotatable bonds is 5. The Morgan fingerprint density at radius 3 is 2.97 bits per heavy atom. The summed E-state index contributed by atoms with van der Waals surface area (Å²) in [4.78, 5) is 19.6. The van der Waals surface area contributed by atoms with E-state index in [1.54, 1.807) is 6.07 Å². The first-order valence-electron chi connectivity index (χ1n) is 10.0. The number of aromatic nitrogens is 5. The van der Waals surface area contributed by atoms with Crippen LogP contribution in [0.2, 0.25) is 0 Å². The minimum atomic E-state index is -4.56. The van der Waals surface area contributed by atoms with E-state index >= 15 is 0 Å². The van der Waals surface area contributed by atoms with Crippen molar-refractivity contribution < 1.29 is 27.4 Å². The number of H-pyrrole nitrogens is 1. The molecule has 10 nitrogen and oxygen atoms in total. The molecule has 2 atom stereocenters. The summed E-state index contributed by atoms with van der Waals surface area (Å²) in [6.07, 6.45) is -1.20. The molecule has 1 saturated carbocycles. The van der Waals surface area contributed by atoms with Crippen LogP contribution in [0.5, 0.6) is 0 Å². The van der Waals surface area contributed by atoms with Crippen LogP contribution in [0.4, 0.5) is 29.7 Å². The first-order valence-corrected chi connectivity index (χ1v) is 10.0. The van der Waals surface area contributed by atoms with Crippen LogP contribution in [0.1, 0.15) is 43.7 Å². The van der Waals surface area contributed by atoms with E-state index in [0.717, 1.165) is 19.0 Å². The Balaban J connectivity index is 1.24. The van der Waals surface area contributed by atoms with E-state index < -0.39 is 18.0 Å². The molecule has 0 aromatic carbocycles. The zero-order valence-corrected chi connectivity index (χ0v) is 16.9. The zero-order chi connectivity index (χ0) is 22.5. The van der Waals surface area contributed by atoms with Crippen molar-refractivity contribution in [1.29, 1.82) is 0 Å². The highest BCUT2D eigenvalue weighted by Crippen LogP contribution is 2.35. The van der Waals surface area contributed by atoms with Crippen LogP contribution in [-0.4, -0.2) is 48.9 Å². The number of aromatic amines is 1. The number of hydrogen-bond donors (Lipinski definition) is 3. The Labute approximate surface area is 179 Å². The fourth-order valence-corrected chi connectivity index (χ4v) is 3.46. The van der Waals surface area contributed by atoms with Crippen molar-refractivity contribution in [3.8, 4) is 0 Å². The SMILES string of the molecule is CC1(NC(=O)O[C@H]2CO[C@H](c3cc(Nc4nccc5nc(C(F)(F)F)cn45)n[nH]3)C2)CC1. The lowest BCUT2D eigenvalue weighted by Gasteiger charge is -2.15. The topological polar surface area (TPSA) is 118 Å². The number of halogens is 3. The van der Waals surface area contributed by atoms with Gasteiger partial charge in [-0.1, -0.05) is 0 Å². The number of fused-ring (bicyclic) bond motifs is 1. The lowest BCUT2D eigenvalue weighted by atomic mass is 10.1. The minimum Gasteiger partial charge on any atom is -0.444 e. The van der Waals surface area contributed by atoms with Gasteiger partial charge < -0.3 is 20.1 Å². The van der Waals surface area contributed by atoms with E-state index in [2.05, 4.69) is 30.8 Å². The lowest BCUT2D eigenvalue weighted by Crippen LogP contribution is -2.37. The van der Waals surface area contributed by atoms with E-state index in [0.29, 0.717) is 17.9 Å². The number of anilines is 2. The highest BCUT2D eigenvalue weighted by Gasteiger charge is 2.40. The maximum Gasteiger partial charge on any atom is 0.434 e. The van der Waals surface area contributed by atoms with Gasteiger partial charge in [-0.3, -0.25) is 9.50 Å². The number of imidazole rings is 1. The van der Waals surface area contributed by atoms with Crippen molar-refractivity contribution in [1.82, 2.24) is 29.9 Å². The van der Waals surface area contributed by atoms with Gasteiger partial charge in [-0.25, -0.2) is 14.8 Å². The summed E-state index contributed by atoms with van der Waals surface area (Å²) in [5, 5.41) is 12.7. The average molecular weight is 451 g/mol. The monoisotopic (exact) mass is 451 g/mol. The zero-order valence-electron chi connectivity index (χ0n) is 16.9. The molecule has 1 aliphatic carbocycles. The van der Waals surface area contributed by atoms with Crippen molar-refractivity contribution in [3.05, 3.63) is 35.9 Å². The standard InChI is InChI=1S/C19H20F3N7O3/c1-18(3-4-18)26-17(30)32-10-6-12(31-9-10)11-7-14(28-27-11)25-16-23-5-2-15-24-13(8-29(15)16)19(20,21)22/h2,5,7-8,10,12H,3-4,6,9H2,1H3,(H,26,30)(H2,23,25,27,28)/t10-,12+/m1/s1. The number of hydrogen-bond acceptors (Lipinski definition) is 7. The van der Waals surface area contributed by atoms with Gasteiger partial charge in [-0.15, -0.1) is 0 Å². The molecule has 32 heavy (non-hydrogen) atoms. The van der Waals surface area contributed by atoms with Gasteiger partial charge in [0.1, 0.15) is 17.9 Å². The van der Waals surface area contributed by atoms with Crippen molar-refractivity contribution in [2.45, 2.75) is 50.1 Å². The smallest absolute Gasteiger partial charge is 0.434 e. The molecule has 0 bridgehead atoms. The Morgan fingerprint density at radius 1 is 1.41 bits per heavy atom. The molecular weight excluding hydrogens is 431 g/mol. The molecule has 0 unspecified atom stereocenters. The summed E-state index contributed by atoms with van der Waals surface area (Å²) in [6, 6.07) is 3.04. The number of carbonyl (C=O) groups is 1. The summed E-state index contributed by atoms with van der Waals surface area (Å²) >= 11 is 0. The molecule has 3 aromatic heterocycles. The molecule has 1 saturated heterocycles. The second-order valence-electron chi connectivity index (χ2n) is 8.22. The van der Waals surface area contributed by atoms with E-state index in [1.165, 1.54) is 16.7 Å². The van der Waals surface area contributed by atoms with Crippen molar-refractivity contribution in [2.24, 2.45) is 0 Å². The number of alkyl carbamates (subject to hydrolysis) is 1. The molecule has 1 amide bonds. The quantitative estimate of drug-likeness (QED) is 0.545. The van der Waals surface area contributed by atoms with Gasteiger partial charge in [0.2, 0.25) is 5.95 Å². The number of amides is 1. The van der Waals surface area contributed by atoms with Gasteiger partial charge in [-0.2, -0.15) is 18.3 Å². The second kappa shape index (κ2) is 7.36. The number of nitrogens with zero attached hydrogens (tertiary/aromatic N) is 4. The highest BCUT2D eigenvalue weighted by atomic mass is 19.4. The molecular formula is C19H20F3N7O3. The second-order valence-corrected chi connectivity index (χ2v) is 8.22. The molecule has 3 aromatic rings. The normalized spacial score (nSPS) is 22.1. The summed E-state index contributed by atoms with van der Waals surface area (Å²) < 4.78 is 51.3. The van der Waals surface area contributed by atoms with Gasteiger partial charge in [0.05, 0.1) is 12.3 Å². The summed E-state index contributed by atoms with van der Waals surface area (Å²) in [5.74, 6) is 0.469. The van der Waals surface area contributed by atoms with Crippen LogP contribution < -0.4 is 10.6 Å². The van der Waals surface area contributed by atoms with Crippen LogP contribution in [-0.2, 0) is 15.7 Å². The average Bonchev–Trinajstić information content (AvgIpc) is 3.17. The predicted octanol–water partition coefficient (Wildman–Crippen LogP) is 3.32. The number of alkyl halides is 3.